The van der Waals surface area contributed by atoms with Crippen molar-refractivity contribution in [2.75, 3.05) is 26.3 Å². The van der Waals surface area contributed by atoms with E-state index in [0.717, 1.165) is 24.1 Å². The number of nitrogens with zero attached hydrogens (tertiary/aromatic N) is 3. The molecule has 2 aliphatic rings. The van der Waals surface area contributed by atoms with Gasteiger partial charge in [0.25, 0.3) is 5.91 Å². The minimum atomic E-state index is -0.467. The van der Waals surface area contributed by atoms with E-state index in [4.69, 9.17) is 9.47 Å². The highest BCUT2D eigenvalue weighted by molar-refractivity contribution is 5.93. The van der Waals surface area contributed by atoms with Crippen LogP contribution in [0.25, 0.3) is 11.3 Å². The van der Waals surface area contributed by atoms with Crippen LogP contribution in [0, 0.1) is 13.8 Å². The van der Waals surface area contributed by atoms with Crippen molar-refractivity contribution in [2.45, 2.75) is 32.5 Å². The smallest absolute Gasteiger partial charge is 0.274 e. The number of hydrogen-bond donors (Lipinski definition) is 0. The Morgan fingerprint density at radius 1 is 1.08 bits per heavy atom. The van der Waals surface area contributed by atoms with Gasteiger partial charge in [0.15, 0.2) is 11.5 Å². The van der Waals surface area contributed by atoms with Gasteiger partial charge in [0.05, 0.1) is 18.9 Å². The molecule has 2 aliphatic heterocycles. The van der Waals surface area contributed by atoms with Crippen LogP contribution in [0.3, 0.4) is 0 Å². The molecule has 1 spiro atoms. The predicted octanol–water partition coefficient (Wildman–Crippen LogP) is 2.68. The van der Waals surface area contributed by atoms with Crippen LogP contribution in [0.5, 0.6) is 0 Å². The maximum atomic E-state index is 12.9. The third-order valence-electron chi connectivity index (χ3n) is 5.53. The Morgan fingerprint density at radius 3 is 2.42 bits per heavy atom. The standard InChI is InChI=1S/C20H25N3O3/c1-14-4-5-16(12-15(14)2)18-13-17(21-22(18)3)19(24)23-8-6-20(7-9-23)25-10-11-26-20/h4-5,12-13H,6-11H2,1-3H3. The molecule has 0 N–H and O–H groups in total. The van der Waals surface area contributed by atoms with Crippen LogP contribution >= 0.6 is 0 Å². The van der Waals surface area contributed by atoms with Gasteiger partial charge in [-0.1, -0.05) is 12.1 Å². The van der Waals surface area contributed by atoms with Gasteiger partial charge in [-0.05, 0) is 37.1 Å². The number of hydrogen-bond acceptors (Lipinski definition) is 4. The molecule has 0 radical (unpaired) electrons. The van der Waals surface area contributed by atoms with Crippen LogP contribution in [-0.2, 0) is 16.5 Å². The van der Waals surface area contributed by atoms with Crippen molar-refractivity contribution in [3.8, 4) is 11.3 Å². The van der Waals surface area contributed by atoms with E-state index in [0.29, 0.717) is 32.0 Å². The number of carbonyl (C=O) groups is 1. The summed E-state index contributed by atoms with van der Waals surface area (Å²) >= 11 is 0. The number of piperidine rings is 1. The quantitative estimate of drug-likeness (QED) is 0.831. The van der Waals surface area contributed by atoms with Crippen molar-refractivity contribution >= 4 is 5.91 Å². The van der Waals surface area contributed by atoms with Crippen LogP contribution in [0.15, 0.2) is 24.3 Å². The number of aromatic nitrogens is 2. The van der Waals surface area contributed by atoms with Gasteiger partial charge < -0.3 is 14.4 Å². The molecule has 0 bridgehead atoms. The number of rotatable bonds is 2. The Morgan fingerprint density at radius 2 is 1.77 bits per heavy atom. The minimum absolute atomic E-state index is 0.0245. The summed E-state index contributed by atoms with van der Waals surface area (Å²) in [5.74, 6) is -0.491. The predicted molar refractivity (Wildman–Crippen MR) is 97.9 cm³/mol. The Bertz CT molecular complexity index is 827. The van der Waals surface area contributed by atoms with Crippen molar-refractivity contribution < 1.29 is 14.3 Å². The number of aryl methyl sites for hydroxylation is 3. The summed E-state index contributed by atoms with van der Waals surface area (Å²) in [4.78, 5) is 14.7. The molecule has 2 fully saturated rings. The van der Waals surface area contributed by atoms with Gasteiger partial charge in [-0.25, -0.2) is 0 Å². The summed E-state index contributed by atoms with van der Waals surface area (Å²) < 4.78 is 13.3. The van der Waals surface area contributed by atoms with Crippen LogP contribution in [0.4, 0.5) is 0 Å². The number of carbonyl (C=O) groups excluding carboxylic acids is 1. The van der Waals surface area contributed by atoms with Gasteiger partial charge in [0.2, 0.25) is 0 Å². The Hall–Kier alpha value is -2.18. The van der Waals surface area contributed by atoms with Crippen molar-refractivity contribution in [1.82, 2.24) is 14.7 Å². The van der Waals surface area contributed by atoms with Gasteiger partial charge in [-0.2, -0.15) is 5.10 Å². The lowest BCUT2D eigenvalue weighted by molar-refractivity contribution is -0.181. The molecule has 2 aromatic rings. The molecule has 0 atom stereocenters. The highest BCUT2D eigenvalue weighted by Crippen LogP contribution is 2.32. The number of benzene rings is 1. The highest BCUT2D eigenvalue weighted by atomic mass is 16.7. The molecule has 26 heavy (non-hydrogen) atoms. The van der Waals surface area contributed by atoms with Crippen molar-refractivity contribution in [1.29, 1.82) is 0 Å². The minimum Gasteiger partial charge on any atom is -0.347 e. The zero-order valence-electron chi connectivity index (χ0n) is 15.6. The summed E-state index contributed by atoms with van der Waals surface area (Å²) in [6.45, 7) is 6.75. The van der Waals surface area contributed by atoms with Gasteiger partial charge in [-0.15, -0.1) is 0 Å². The van der Waals surface area contributed by atoms with Gasteiger partial charge >= 0.3 is 0 Å². The molecule has 2 saturated heterocycles. The highest BCUT2D eigenvalue weighted by Gasteiger charge is 2.41. The molecular formula is C20H25N3O3. The van der Waals surface area contributed by atoms with Gasteiger partial charge in [-0.3, -0.25) is 9.48 Å². The fourth-order valence-corrected chi connectivity index (χ4v) is 3.74. The lowest BCUT2D eigenvalue weighted by Gasteiger charge is -2.37. The zero-order valence-corrected chi connectivity index (χ0v) is 15.6. The lowest BCUT2D eigenvalue weighted by atomic mass is 10.0. The van der Waals surface area contributed by atoms with E-state index in [1.807, 2.05) is 18.0 Å². The Labute approximate surface area is 153 Å². The molecule has 6 nitrogen and oxygen atoms in total. The number of likely N-dealkylation sites (tertiary alicyclic amines) is 1. The molecule has 1 amide bonds. The first-order valence-corrected chi connectivity index (χ1v) is 9.16. The average Bonchev–Trinajstić information content (AvgIpc) is 3.25. The third-order valence-corrected chi connectivity index (χ3v) is 5.53. The van der Waals surface area contributed by atoms with E-state index in [-0.39, 0.29) is 5.91 Å². The molecule has 0 unspecified atom stereocenters. The fraction of sp³-hybridized carbons (Fsp3) is 0.500. The second-order valence-corrected chi connectivity index (χ2v) is 7.24. The van der Waals surface area contributed by atoms with E-state index in [1.165, 1.54) is 11.1 Å². The Balaban J connectivity index is 1.51. The second-order valence-electron chi connectivity index (χ2n) is 7.24. The SMILES string of the molecule is Cc1ccc(-c2cc(C(=O)N3CCC4(CC3)OCCO4)nn2C)cc1C. The first kappa shape index (κ1) is 17.2. The average molecular weight is 355 g/mol. The topological polar surface area (TPSA) is 56.6 Å². The summed E-state index contributed by atoms with van der Waals surface area (Å²) in [6, 6.07) is 8.21. The second kappa shape index (κ2) is 6.52. The largest absolute Gasteiger partial charge is 0.347 e. The normalized spacial score (nSPS) is 19.3. The van der Waals surface area contributed by atoms with Gasteiger partial charge in [0.1, 0.15) is 0 Å². The first-order chi connectivity index (χ1) is 12.5. The maximum Gasteiger partial charge on any atom is 0.274 e. The van der Waals surface area contributed by atoms with E-state index in [1.54, 1.807) is 4.68 Å². The van der Waals surface area contributed by atoms with E-state index in [2.05, 4.69) is 37.1 Å². The first-order valence-electron chi connectivity index (χ1n) is 9.16. The molecule has 0 aliphatic carbocycles. The van der Waals surface area contributed by atoms with Crippen LogP contribution in [0.2, 0.25) is 0 Å². The van der Waals surface area contributed by atoms with Crippen molar-refractivity contribution in [2.24, 2.45) is 7.05 Å². The van der Waals surface area contributed by atoms with Crippen LogP contribution < -0.4 is 0 Å². The molecule has 4 rings (SSSR count). The molecule has 138 valence electrons. The summed E-state index contributed by atoms with van der Waals surface area (Å²) in [7, 11) is 1.88. The maximum absolute atomic E-state index is 12.9. The molecule has 1 aromatic heterocycles. The van der Waals surface area contributed by atoms with Crippen LogP contribution in [-0.4, -0.2) is 52.7 Å². The summed E-state index contributed by atoms with van der Waals surface area (Å²) in [6.07, 6.45) is 1.44. The monoisotopic (exact) mass is 355 g/mol. The lowest BCUT2D eigenvalue weighted by Crippen LogP contribution is -2.47. The molecule has 1 aromatic carbocycles. The molecular weight excluding hydrogens is 330 g/mol. The van der Waals surface area contributed by atoms with E-state index < -0.39 is 5.79 Å². The summed E-state index contributed by atoms with van der Waals surface area (Å²) in [5.41, 5.74) is 5.00. The number of ether oxygens (including phenoxy) is 2. The Kier molecular flexibility index (Phi) is 4.32. The van der Waals surface area contributed by atoms with E-state index in [9.17, 15) is 4.79 Å². The third kappa shape index (κ3) is 3.04. The van der Waals surface area contributed by atoms with Crippen molar-refractivity contribution in [3.63, 3.8) is 0 Å². The van der Waals surface area contributed by atoms with Gasteiger partial charge in [0, 0.05) is 38.5 Å². The zero-order chi connectivity index (χ0) is 18.3. The molecule has 0 saturated carbocycles. The number of amides is 1. The fourth-order valence-electron chi connectivity index (χ4n) is 3.74. The van der Waals surface area contributed by atoms with Crippen LogP contribution in [0.1, 0.15) is 34.5 Å². The molecule has 3 heterocycles. The van der Waals surface area contributed by atoms with E-state index >= 15 is 0 Å². The van der Waals surface area contributed by atoms with Crippen molar-refractivity contribution in [3.05, 3.63) is 41.1 Å². The molecule has 6 heteroatoms. The summed E-state index contributed by atoms with van der Waals surface area (Å²) in [5, 5.41) is 4.47.